The van der Waals surface area contributed by atoms with Crippen LogP contribution in [0.2, 0.25) is 0 Å². The van der Waals surface area contributed by atoms with Crippen molar-refractivity contribution in [3.63, 3.8) is 0 Å². The van der Waals surface area contributed by atoms with Crippen LogP contribution in [0.5, 0.6) is 5.75 Å². The molecule has 2 N–H and O–H groups in total. The van der Waals surface area contributed by atoms with Crippen molar-refractivity contribution in [1.82, 2.24) is 4.98 Å². The number of nitrogen functional groups attached to an aromatic ring is 1. The highest BCUT2D eigenvalue weighted by Gasteiger charge is 2.07. The second kappa shape index (κ2) is 4.44. The van der Waals surface area contributed by atoms with Gasteiger partial charge in [0.2, 0.25) is 0 Å². The van der Waals surface area contributed by atoms with Gasteiger partial charge >= 0.3 is 6.61 Å². The highest BCUT2D eigenvalue weighted by atomic mass is 32.1. The molecule has 2 aromatic rings. The quantitative estimate of drug-likeness (QED) is 0.900. The molecule has 0 bridgehead atoms. The Kier molecular flexibility index (Phi) is 3.00. The van der Waals surface area contributed by atoms with Gasteiger partial charge in [-0.05, 0) is 24.3 Å². The molecule has 0 atom stereocenters. The molecular formula is C10H8F2N2OS. The Balaban J connectivity index is 2.23. The summed E-state index contributed by atoms with van der Waals surface area (Å²) < 4.78 is 28.0. The Morgan fingerprint density at radius 3 is 2.44 bits per heavy atom. The Morgan fingerprint density at radius 2 is 1.94 bits per heavy atom. The highest BCUT2D eigenvalue weighted by molar-refractivity contribution is 7.14. The molecule has 0 spiro atoms. The summed E-state index contributed by atoms with van der Waals surface area (Å²) in [6.45, 7) is -2.81. The van der Waals surface area contributed by atoms with Crippen LogP contribution < -0.4 is 10.5 Å². The summed E-state index contributed by atoms with van der Waals surface area (Å²) in [5.41, 5.74) is 8.77. The maximum Gasteiger partial charge on any atom is 0.387 e. The summed E-state index contributed by atoms with van der Waals surface area (Å²) in [7, 11) is 0. The third-order valence-electron chi connectivity index (χ3n) is 1.95. The topological polar surface area (TPSA) is 48.1 Å². The number of hydrogen-bond acceptors (Lipinski definition) is 4. The molecule has 1 heterocycles. The zero-order valence-corrected chi connectivity index (χ0v) is 8.88. The van der Waals surface area contributed by atoms with Crippen molar-refractivity contribution in [2.24, 2.45) is 0 Å². The monoisotopic (exact) mass is 242 g/mol. The number of hydrogen-bond donors (Lipinski definition) is 1. The van der Waals surface area contributed by atoms with Gasteiger partial charge in [0.25, 0.3) is 0 Å². The molecule has 0 fully saturated rings. The minimum Gasteiger partial charge on any atom is -0.435 e. The number of thiazole rings is 1. The first kappa shape index (κ1) is 10.8. The maximum atomic E-state index is 11.9. The lowest BCUT2D eigenvalue weighted by atomic mass is 10.1. The number of alkyl halides is 2. The van der Waals surface area contributed by atoms with Crippen LogP contribution in [0.3, 0.4) is 0 Å². The molecule has 0 unspecified atom stereocenters. The number of ether oxygens (including phenoxy) is 1. The van der Waals surface area contributed by atoms with Crippen LogP contribution in [0.1, 0.15) is 0 Å². The first-order valence-corrected chi connectivity index (χ1v) is 5.29. The van der Waals surface area contributed by atoms with Crippen molar-refractivity contribution in [3.8, 4) is 17.0 Å². The van der Waals surface area contributed by atoms with E-state index in [-0.39, 0.29) is 5.75 Å². The molecule has 84 valence electrons. The summed E-state index contributed by atoms with van der Waals surface area (Å²) in [4.78, 5) is 4.08. The van der Waals surface area contributed by atoms with Crippen molar-refractivity contribution < 1.29 is 13.5 Å². The minimum atomic E-state index is -2.81. The Hall–Kier alpha value is -1.69. The van der Waals surface area contributed by atoms with E-state index < -0.39 is 6.61 Å². The van der Waals surface area contributed by atoms with E-state index in [4.69, 9.17) is 5.73 Å². The van der Waals surface area contributed by atoms with E-state index in [2.05, 4.69) is 9.72 Å². The van der Waals surface area contributed by atoms with Crippen LogP contribution in [-0.4, -0.2) is 11.6 Å². The van der Waals surface area contributed by atoms with E-state index >= 15 is 0 Å². The average Bonchev–Trinajstić information content (AvgIpc) is 2.65. The second-order valence-corrected chi connectivity index (χ2v) is 3.85. The van der Waals surface area contributed by atoms with Gasteiger partial charge in [0, 0.05) is 5.56 Å². The molecular weight excluding hydrogens is 234 g/mol. The molecule has 2 rings (SSSR count). The van der Waals surface area contributed by atoms with E-state index in [0.29, 0.717) is 10.7 Å². The number of nitrogens with zero attached hydrogens (tertiary/aromatic N) is 1. The van der Waals surface area contributed by atoms with Crippen LogP contribution in [0, 0.1) is 0 Å². The van der Waals surface area contributed by atoms with Gasteiger partial charge in [-0.15, -0.1) is 11.3 Å². The normalized spacial score (nSPS) is 10.7. The highest BCUT2D eigenvalue weighted by Crippen LogP contribution is 2.28. The molecule has 0 saturated carbocycles. The smallest absolute Gasteiger partial charge is 0.387 e. The number of benzene rings is 1. The molecule has 0 amide bonds. The lowest BCUT2D eigenvalue weighted by molar-refractivity contribution is -0.0498. The van der Waals surface area contributed by atoms with E-state index in [0.717, 1.165) is 5.56 Å². The first-order valence-electron chi connectivity index (χ1n) is 4.41. The second-order valence-electron chi connectivity index (χ2n) is 2.97. The number of anilines is 1. The van der Waals surface area contributed by atoms with Gasteiger partial charge in [0.05, 0.1) is 5.51 Å². The molecule has 0 radical (unpaired) electrons. The molecule has 0 aliphatic carbocycles. The number of halogens is 2. The number of nitrogens with two attached hydrogens (primary N) is 1. The fourth-order valence-electron chi connectivity index (χ4n) is 1.27. The third-order valence-corrected chi connectivity index (χ3v) is 2.61. The summed E-state index contributed by atoms with van der Waals surface area (Å²) in [6, 6.07) is 6.20. The molecule has 0 aliphatic heterocycles. The van der Waals surface area contributed by atoms with Crippen molar-refractivity contribution >= 4 is 16.3 Å². The van der Waals surface area contributed by atoms with Gasteiger partial charge in [-0.1, -0.05) is 0 Å². The van der Waals surface area contributed by atoms with Crippen LogP contribution in [0.4, 0.5) is 13.8 Å². The largest absolute Gasteiger partial charge is 0.435 e. The zero-order chi connectivity index (χ0) is 11.5. The van der Waals surface area contributed by atoms with Crippen LogP contribution in [0.15, 0.2) is 29.8 Å². The molecule has 0 aliphatic rings. The third kappa shape index (κ3) is 2.27. The van der Waals surface area contributed by atoms with Gasteiger partial charge < -0.3 is 10.5 Å². The fourth-order valence-corrected chi connectivity index (χ4v) is 1.82. The molecule has 3 nitrogen and oxygen atoms in total. The molecule has 6 heteroatoms. The SMILES string of the molecule is Nc1scnc1-c1ccc(OC(F)F)cc1. The summed E-state index contributed by atoms with van der Waals surface area (Å²) >= 11 is 1.33. The van der Waals surface area contributed by atoms with Gasteiger partial charge in [0.1, 0.15) is 16.4 Å². The Labute approximate surface area is 94.5 Å². The molecule has 0 saturated heterocycles. The maximum absolute atomic E-state index is 11.9. The number of aromatic nitrogens is 1. The van der Waals surface area contributed by atoms with E-state index in [1.165, 1.54) is 23.5 Å². The van der Waals surface area contributed by atoms with Crippen molar-refractivity contribution in [1.29, 1.82) is 0 Å². The van der Waals surface area contributed by atoms with Crippen LogP contribution in [0.25, 0.3) is 11.3 Å². The van der Waals surface area contributed by atoms with Gasteiger partial charge in [-0.2, -0.15) is 8.78 Å². The molecule has 16 heavy (non-hydrogen) atoms. The standard InChI is InChI=1S/C10H8F2N2OS/c11-10(12)15-7-3-1-6(2-4-7)8-9(13)16-5-14-8/h1-5,10H,13H2. The van der Waals surface area contributed by atoms with Gasteiger partial charge in [-0.3, -0.25) is 0 Å². The zero-order valence-electron chi connectivity index (χ0n) is 8.06. The molecule has 1 aromatic heterocycles. The number of rotatable bonds is 3. The van der Waals surface area contributed by atoms with Crippen LogP contribution in [-0.2, 0) is 0 Å². The predicted octanol–water partition coefficient (Wildman–Crippen LogP) is 2.99. The first-order chi connectivity index (χ1) is 7.66. The van der Waals surface area contributed by atoms with E-state index in [9.17, 15) is 8.78 Å². The molecule has 1 aromatic carbocycles. The van der Waals surface area contributed by atoms with Gasteiger partial charge in [0.15, 0.2) is 0 Å². The minimum absolute atomic E-state index is 0.118. The summed E-state index contributed by atoms with van der Waals surface area (Å²) in [5, 5.41) is 0.600. The van der Waals surface area contributed by atoms with E-state index in [1.54, 1.807) is 17.6 Å². The lowest BCUT2D eigenvalue weighted by Crippen LogP contribution is -2.01. The lowest BCUT2D eigenvalue weighted by Gasteiger charge is -2.04. The fraction of sp³-hybridized carbons (Fsp3) is 0.100. The average molecular weight is 242 g/mol. The van der Waals surface area contributed by atoms with Crippen molar-refractivity contribution in [3.05, 3.63) is 29.8 Å². The summed E-state index contributed by atoms with van der Waals surface area (Å²) in [6.07, 6.45) is 0. The Bertz CT molecular complexity index is 470. The van der Waals surface area contributed by atoms with E-state index in [1.807, 2.05) is 0 Å². The van der Waals surface area contributed by atoms with Crippen molar-refractivity contribution in [2.45, 2.75) is 6.61 Å². The van der Waals surface area contributed by atoms with Crippen LogP contribution >= 0.6 is 11.3 Å². The van der Waals surface area contributed by atoms with Crippen molar-refractivity contribution in [2.75, 3.05) is 5.73 Å². The van der Waals surface area contributed by atoms with Gasteiger partial charge in [-0.25, -0.2) is 4.98 Å². The Morgan fingerprint density at radius 1 is 1.25 bits per heavy atom. The predicted molar refractivity (Wildman–Crippen MR) is 58.6 cm³/mol. The summed E-state index contributed by atoms with van der Waals surface area (Å²) in [5.74, 6) is 0.118.